The highest BCUT2D eigenvalue weighted by Gasteiger charge is 2.13. The van der Waals surface area contributed by atoms with Crippen LogP contribution in [0.3, 0.4) is 0 Å². The van der Waals surface area contributed by atoms with Gasteiger partial charge in [-0.2, -0.15) is 0 Å². The van der Waals surface area contributed by atoms with Crippen molar-refractivity contribution in [1.82, 2.24) is 0 Å². The van der Waals surface area contributed by atoms with E-state index in [2.05, 4.69) is 0 Å². The maximum atomic E-state index is 12.7. The third-order valence-corrected chi connectivity index (χ3v) is 2.82. The number of halogens is 1. The summed E-state index contributed by atoms with van der Waals surface area (Å²) in [4.78, 5) is 11.8. The summed E-state index contributed by atoms with van der Waals surface area (Å²) in [5.41, 5.74) is 0.0441. The van der Waals surface area contributed by atoms with Gasteiger partial charge in [0, 0.05) is 6.07 Å². The lowest BCUT2D eigenvalue weighted by atomic mass is 10.2. The topological polar surface area (TPSA) is 65.0 Å². The Morgan fingerprint density at radius 3 is 2.41 bits per heavy atom. The Morgan fingerprint density at radius 1 is 1.09 bits per heavy atom. The predicted molar refractivity (Wildman–Crippen MR) is 76.8 cm³/mol. The average molecular weight is 306 g/mol. The molecule has 0 bridgehead atoms. The van der Waals surface area contributed by atoms with Gasteiger partial charge in [-0.1, -0.05) is 0 Å². The number of rotatable bonds is 6. The van der Waals surface area contributed by atoms with E-state index in [0.29, 0.717) is 11.5 Å². The second-order valence-electron chi connectivity index (χ2n) is 4.32. The number of carbonyl (C=O) groups is 1. The van der Waals surface area contributed by atoms with Gasteiger partial charge in [0.2, 0.25) is 0 Å². The minimum atomic E-state index is -0.664. The summed E-state index contributed by atoms with van der Waals surface area (Å²) >= 11 is 0. The summed E-state index contributed by atoms with van der Waals surface area (Å²) in [6, 6.07) is 9.79. The van der Waals surface area contributed by atoms with Gasteiger partial charge < -0.3 is 19.3 Å². The lowest BCUT2D eigenvalue weighted by molar-refractivity contribution is 0.0447. The van der Waals surface area contributed by atoms with Crippen molar-refractivity contribution in [2.75, 3.05) is 20.3 Å². The molecule has 0 fully saturated rings. The molecule has 2 rings (SSSR count). The van der Waals surface area contributed by atoms with Gasteiger partial charge in [0.25, 0.3) is 0 Å². The first-order valence-corrected chi connectivity index (χ1v) is 6.52. The van der Waals surface area contributed by atoms with Crippen molar-refractivity contribution >= 4 is 5.97 Å². The van der Waals surface area contributed by atoms with Gasteiger partial charge in [0.1, 0.15) is 41.8 Å². The standard InChI is InChI=1S/C16H15FO5/c1-20-13-6-7-14(15(18)10-13)16(19)22-9-8-21-12-4-2-11(17)3-5-12/h2-7,10,18H,8-9H2,1H3. The van der Waals surface area contributed by atoms with E-state index >= 15 is 0 Å². The number of methoxy groups -OCH3 is 1. The molecule has 0 aliphatic carbocycles. The van der Waals surface area contributed by atoms with Gasteiger partial charge in [-0.25, -0.2) is 9.18 Å². The van der Waals surface area contributed by atoms with Crippen molar-refractivity contribution < 1.29 is 28.5 Å². The Balaban J connectivity index is 1.81. The fourth-order valence-corrected chi connectivity index (χ4v) is 1.71. The van der Waals surface area contributed by atoms with Gasteiger partial charge in [-0.05, 0) is 36.4 Å². The number of benzene rings is 2. The lowest BCUT2D eigenvalue weighted by Gasteiger charge is -2.09. The number of phenolic OH excluding ortho intramolecular Hbond substituents is 1. The second-order valence-corrected chi connectivity index (χ2v) is 4.32. The number of esters is 1. The van der Waals surface area contributed by atoms with E-state index in [9.17, 15) is 14.3 Å². The normalized spacial score (nSPS) is 10.1. The first-order valence-electron chi connectivity index (χ1n) is 6.52. The van der Waals surface area contributed by atoms with Gasteiger partial charge in [0.15, 0.2) is 0 Å². The Morgan fingerprint density at radius 2 is 1.77 bits per heavy atom. The molecule has 0 spiro atoms. The van der Waals surface area contributed by atoms with Gasteiger partial charge in [-0.3, -0.25) is 0 Å². The van der Waals surface area contributed by atoms with Crippen LogP contribution < -0.4 is 9.47 Å². The number of hydrogen-bond acceptors (Lipinski definition) is 5. The fourth-order valence-electron chi connectivity index (χ4n) is 1.71. The average Bonchev–Trinajstić information content (AvgIpc) is 2.52. The second kappa shape index (κ2) is 7.31. The highest BCUT2D eigenvalue weighted by Crippen LogP contribution is 2.23. The molecule has 0 saturated carbocycles. The van der Waals surface area contributed by atoms with Crippen molar-refractivity contribution in [2.24, 2.45) is 0 Å². The lowest BCUT2D eigenvalue weighted by Crippen LogP contribution is -2.12. The number of ether oxygens (including phenoxy) is 3. The first kappa shape index (κ1) is 15.6. The fraction of sp³-hybridized carbons (Fsp3) is 0.188. The van der Waals surface area contributed by atoms with Gasteiger partial charge in [0.05, 0.1) is 7.11 Å². The minimum absolute atomic E-state index is 0.00167. The van der Waals surface area contributed by atoms with Gasteiger partial charge in [-0.15, -0.1) is 0 Å². The Hall–Kier alpha value is -2.76. The zero-order valence-corrected chi connectivity index (χ0v) is 11.9. The maximum absolute atomic E-state index is 12.7. The molecule has 5 nitrogen and oxygen atoms in total. The molecular weight excluding hydrogens is 291 g/mol. The van der Waals surface area contributed by atoms with Crippen LogP contribution in [0.15, 0.2) is 42.5 Å². The zero-order valence-electron chi connectivity index (χ0n) is 11.9. The number of phenols is 1. The van der Waals surface area contributed by atoms with Crippen LogP contribution in [0.2, 0.25) is 0 Å². The molecule has 0 aromatic heterocycles. The van der Waals surface area contributed by atoms with Crippen LogP contribution >= 0.6 is 0 Å². The van der Waals surface area contributed by atoms with Crippen molar-refractivity contribution in [3.05, 3.63) is 53.8 Å². The molecule has 0 aliphatic heterocycles. The predicted octanol–water partition coefficient (Wildman–Crippen LogP) is 2.78. The molecule has 6 heteroatoms. The Bertz CT molecular complexity index is 639. The molecule has 0 amide bonds. The highest BCUT2D eigenvalue weighted by atomic mass is 19.1. The molecule has 1 N–H and O–H groups in total. The van der Waals surface area contributed by atoms with E-state index in [1.807, 2.05) is 0 Å². The summed E-state index contributed by atoms with van der Waals surface area (Å²) in [5.74, 6) is -0.321. The molecule has 2 aromatic rings. The van der Waals surface area contributed by atoms with E-state index in [1.165, 1.54) is 43.5 Å². The largest absolute Gasteiger partial charge is 0.507 e. The number of hydrogen-bond donors (Lipinski definition) is 1. The van der Waals surface area contributed by atoms with Crippen molar-refractivity contribution in [3.8, 4) is 17.2 Å². The number of aromatic hydroxyl groups is 1. The molecule has 22 heavy (non-hydrogen) atoms. The molecule has 0 radical (unpaired) electrons. The van der Waals surface area contributed by atoms with Crippen molar-refractivity contribution in [3.63, 3.8) is 0 Å². The van der Waals surface area contributed by atoms with E-state index in [1.54, 1.807) is 6.07 Å². The van der Waals surface area contributed by atoms with Crippen LogP contribution in [0.4, 0.5) is 4.39 Å². The molecule has 0 aliphatic rings. The molecule has 0 unspecified atom stereocenters. The van der Waals surface area contributed by atoms with E-state index in [4.69, 9.17) is 14.2 Å². The molecule has 2 aromatic carbocycles. The SMILES string of the molecule is COc1ccc(C(=O)OCCOc2ccc(F)cc2)c(O)c1. The molecule has 0 heterocycles. The van der Waals surface area contributed by atoms with Crippen LogP contribution in [0.1, 0.15) is 10.4 Å². The van der Waals surface area contributed by atoms with Crippen LogP contribution in [-0.4, -0.2) is 31.4 Å². The number of carbonyl (C=O) groups excluding carboxylic acids is 1. The monoisotopic (exact) mass is 306 g/mol. The van der Waals surface area contributed by atoms with Crippen LogP contribution in [0.25, 0.3) is 0 Å². The summed E-state index contributed by atoms with van der Waals surface area (Å²) in [6.45, 7) is 0.121. The molecule has 0 saturated heterocycles. The van der Waals surface area contributed by atoms with Crippen molar-refractivity contribution in [2.45, 2.75) is 0 Å². The van der Waals surface area contributed by atoms with Gasteiger partial charge >= 0.3 is 5.97 Å². The summed E-state index contributed by atoms with van der Waals surface area (Å²) in [7, 11) is 1.46. The molecular formula is C16H15FO5. The van der Waals surface area contributed by atoms with Crippen LogP contribution in [0, 0.1) is 5.82 Å². The highest BCUT2D eigenvalue weighted by molar-refractivity contribution is 5.92. The minimum Gasteiger partial charge on any atom is -0.507 e. The summed E-state index contributed by atoms with van der Waals surface area (Å²) in [6.07, 6.45) is 0. The van der Waals surface area contributed by atoms with E-state index in [-0.39, 0.29) is 30.3 Å². The Labute approximate surface area is 126 Å². The summed E-state index contributed by atoms with van der Waals surface area (Å²) in [5, 5.41) is 9.71. The summed E-state index contributed by atoms with van der Waals surface area (Å²) < 4.78 is 27.9. The van der Waals surface area contributed by atoms with E-state index in [0.717, 1.165) is 0 Å². The zero-order chi connectivity index (χ0) is 15.9. The van der Waals surface area contributed by atoms with E-state index < -0.39 is 5.97 Å². The third kappa shape index (κ3) is 4.12. The quantitative estimate of drug-likeness (QED) is 0.656. The molecule has 0 atom stereocenters. The van der Waals surface area contributed by atoms with Crippen molar-refractivity contribution in [1.29, 1.82) is 0 Å². The third-order valence-electron chi connectivity index (χ3n) is 2.82. The first-order chi connectivity index (χ1) is 10.6. The molecule has 116 valence electrons. The van der Waals surface area contributed by atoms with Crippen LogP contribution in [-0.2, 0) is 4.74 Å². The Kier molecular flexibility index (Phi) is 5.19. The van der Waals surface area contributed by atoms with Crippen LogP contribution in [0.5, 0.6) is 17.2 Å². The maximum Gasteiger partial charge on any atom is 0.342 e. The smallest absolute Gasteiger partial charge is 0.342 e.